The Kier molecular flexibility index (Phi) is 6.06. The molecule has 0 saturated heterocycles. The third kappa shape index (κ3) is 4.61. The van der Waals surface area contributed by atoms with E-state index < -0.39 is 29.1 Å². The van der Waals surface area contributed by atoms with Crippen LogP contribution in [0.25, 0.3) is 11.0 Å². The van der Waals surface area contributed by atoms with Gasteiger partial charge in [0.25, 0.3) is 0 Å². The summed E-state index contributed by atoms with van der Waals surface area (Å²) in [4.78, 5) is 46.1. The van der Waals surface area contributed by atoms with Crippen LogP contribution < -0.4 is 15.1 Å². The molecule has 0 radical (unpaired) electrons. The molecule has 0 aliphatic heterocycles. The molecule has 0 aliphatic rings. The van der Waals surface area contributed by atoms with E-state index in [1.807, 2.05) is 0 Å². The van der Waals surface area contributed by atoms with Gasteiger partial charge in [0.05, 0.1) is 11.5 Å². The molecule has 0 aliphatic carbocycles. The SMILES string of the molecule is CCOC(=O)c1cc2ccc(OC(=O)COc3ccccc3[N+](=O)[O-])cc2oc1=O. The number of ether oxygens (including phenoxy) is 3. The molecule has 1 heterocycles. The highest BCUT2D eigenvalue weighted by atomic mass is 16.6. The molecule has 0 spiro atoms. The second-order valence-corrected chi connectivity index (χ2v) is 5.86. The number of para-hydroxylation sites is 2. The maximum absolute atomic E-state index is 12.0. The van der Waals surface area contributed by atoms with Crippen LogP contribution >= 0.6 is 0 Å². The predicted octanol–water partition coefficient (Wildman–Crippen LogP) is 2.86. The molecule has 0 fully saturated rings. The first-order chi connectivity index (χ1) is 14.4. The van der Waals surface area contributed by atoms with Gasteiger partial charge in [-0.2, -0.15) is 0 Å². The lowest BCUT2D eigenvalue weighted by Crippen LogP contribution is -2.18. The molecular formula is C20H15NO9. The summed E-state index contributed by atoms with van der Waals surface area (Å²) in [7, 11) is 0. The van der Waals surface area contributed by atoms with E-state index in [1.54, 1.807) is 6.92 Å². The van der Waals surface area contributed by atoms with Crippen LogP contribution in [0.5, 0.6) is 11.5 Å². The highest BCUT2D eigenvalue weighted by Crippen LogP contribution is 2.26. The maximum Gasteiger partial charge on any atom is 0.351 e. The number of nitro groups is 1. The summed E-state index contributed by atoms with van der Waals surface area (Å²) in [6.45, 7) is 1.15. The molecule has 10 heteroatoms. The van der Waals surface area contributed by atoms with Crippen molar-refractivity contribution >= 4 is 28.6 Å². The number of fused-ring (bicyclic) bond motifs is 1. The number of esters is 2. The molecule has 0 saturated carbocycles. The number of carbonyl (C=O) groups excluding carboxylic acids is 2. The summed E-state index contributed by atoms with van der Waals surface area (Å²) in [5, 5.41) is 11.4. The van der Waals surface area contributed by atoms with Crippen molar-refractivity contribution in [1.29, 1.82) is 0 Å². The molecule has 0 bridgehead atoms. The summed E-state index contributed by atoms with van der Waals surface area (Å²) in [6.07, 6.45) is 0. The summed E-state index contributed by atoms with van der Waals surface area (Å²) in [5.41, 5.74) is -1.32. The summed E-state index contributed by atoms with van der Waals surface area (Å²) >= 11 is 0. The van der Waals surface area contributed by atoms with Crippen molar-refractivity contribution in [2.24, 2.45) is 0 Å². The van der Waals surface area contributed by atoms with E-state index in [0.29, 0.717) is 5.39 Å². The minimum absolute atomic E-state index is 0.0608. The van der Waals surface area contributed by atoms with Gasteiger partial charge in [-0.05, 0) is 31.2 Å². The van der Waals surface area contributed by atoms with Crippen molar-refractivity contribution < 1.29 is 33.1 Å². The minimum atomic E-state index is -0.885. The average molecular weight is 413 g/mol. The number of rotatable bonds is 7. The highest BCUT2D eigenvalue weighted by Gasteiger charge is 2.17. The molecule has 1 aromatic heterocycles. The molecule has 10 nitrogen and oxygen atoms in total. The van der Waals surface area contributed by atoms with Gasteiger partial charge in [-0.3, -0.25) is 10.1 Å². The molecule has 154 valence electrons. The zero-order valence-corrected chi connectivity index (χ0v) is 15.7. The van der Waals surface area contributed by atoms with Crippen molar-refractivity contribution in [3.63, 3.8) is 0 Å². The van der Waals surface area contributed by atoms with E-state index in [4.69, 9.17) is 18.6 Å². The molecule has 0 atom stereocenters. The second kappa shape index (κ2) is 8.86. The first-order valence-electron chi connectivity index (χ1n) is 8.71. The van der Waals surface area contributed by atoms with Crippen LogP contribution in [0, 0.1) is 10.1 Å². The zero-order chi connectivity index (χ0) is 21.7. The van der Waals surface area contributed by atoms with Crippen LogP contribution in [0.1, 0.15) is 17.3 Å². The topological polar surface area (TPSA) is 135 Å². The van der Waals surface area contributed by atoms with Crippen LogP contribution in [0.2, 0.25) is 0 Å². The lowest BCUT2D eigenvalue weighted by atomic mass is 10.2. The minimum Gasteiger partial charge on any atom is -0.475 e. The van der Waals surface area contributed by atoms with Crippen molar-refractivity contribution in [3.8, 4) is 11.5 Å². The number of hydrogen-bond donors (Lipinski definition) is 0. The monoisotopic (exact) mass is 413 g/mol. The molecule has 30 heavy (non-hydrogen) atoms. The second-order valence-electron chi connectivity index (χ2n) is 5.86. The third-order valence-corrected chi connectivity index (χ3v) is 3.84. The van der Waals surface area contributed by atoms with Gasteiger partial charge in [-0.1, -0.05) is 12.1 Å². The van der Waals surface area contributed by atoms with Crippen molar-refractivity contribution in [2.45, 2.75) is 6.92 Å². The van der Waals surface area contributed by atoms with Gasteiger partial charge in [-0.25, -0.2) is 14.4 Å². The molecule has 0 amide bonds. The fourth-order valence-electron chi connectivity index (χ4n) is 2.53. The Balaban J connectivity index is 1.72. The van der Waals surface area contributed by atoms with Gasteiger partial charge >= 0.3 is 23.3 Å². The Morgan fingerprint density at radius 2 is 1.90 bits per heavy atom. The van der Waals surface area contributed by atoms with Crippen LogP contribution in [0.15, 0.2) is 57.7 Å². The van der Waals surface area contributed by atoms with Crippen LogP contribution in [0.4, 0.5) is 5.69 Å². The fourth-order valence-corrected chi connectivity index (χ4v) is 2.53. The molecule has 3 aromatic rings. The smallest absolute Gasteiger partial charge is 0.351 e. The number of hydrogen-bond acceptors (Lipinski definition) is 9. The largest absolute Gasteiger partial charge is 0.475 e. The quantitative estimate of drug-likeness (QED) is 0.188. The van der Waals surface area contributed by atoms with E-state index in [1.165, 1.54) is 48.5 Å². The number of benzene rings is 2. The summed E-state index contributed by atoms with van der Waals surface area (Å²) < 4.78 is 20.2. The normalized spacial score (nSPS) is 10.4. The lowest BCUT2D eigenvalue weighted by Gasteiger charge is -2.08. The van der Waals surface area contributed by atoms with Gasteiger partial charge in [0.15, 0.2) is 12.4 Å². The van der Waals surface area contributed by atoms with Gasteiger partial charge in [0, 0.05) is 17.5 Å². The van der Waals surface area contributed by atoms with E-state index in [-0.39, 0.29) is 34.9 Å². The maximum atomic E-state index is 12.0. The Bertz CT molecular complexity index is 1180. The number of nitro benzene ring substituents is 1. The van der Waals surface area contributed by atoms with Crippen LogP contribution in [-0.2, 0) is 9.53 Å². The molecular weight excluding hydrogens is 398 g/mol. The van der Waals surface area contributed by atoms with Crippen molar-refractivity contribution in [2.75, 3.05) is 13.2 Å². The van der Waals surface area contributed by atoms with E-state index in [9.17, 15) is 24.5 Å². The standard InChI is InChI=1S/C20H15NO9/c1-2-27-19(23)14-9-12-7-8-13(10-17(12)30-20(14)24)29-18(22)11-28-16-6-4-3-5-15(16)21(25)26/h3-10H,2,11H2,1H3. The van der Waals surface area contributed by atoms with Gasteiger partial charge < -0.3 is 18.6 Å². The van der Waals surface area contributed by atoms with Gasteiger partial charge in [0.1, 0.15) is 16.9 Å². The Hall–Kier alpha value is -4.21. The first-order valence-corrected chi connectivity index (χ1v) is 8.71. The summed E-state index contributed by atoms with van der Waals surface area (Å²) in [5.74, 6) is -1.63. The van der Waals surface area contributed by atoms with Crippen molar-refractivity contribution in [3.05, 3.63) is 74.6 Å². The van der Waals surface area contributed by atoms with Gasteiger partial charge in [0.2, 0.25) is 0 Å². The molecule has 3 rings (SSSR count). The summed E-state index contributed by atoms with van der Waals surface area (Å²) in [6, 6.07) is 11.2. The van der Waals surface area contributed by atoms with Crippen LogP contribution in [-0.4, -0.2) is 30.1 Å². The average Bonchev–Trinajstić information content (AvgIpc) is 2.72. The Labute approximate surface area is 168 Å². The molecule has 0 unspecified atom stereocenters. The first kappa shape index (κ1) is 20.5. The van der Waals surface area contributed by atoms with Crippen molar-refractivity contribution in [1.82, 2.24) is 0 Å². The van der Waals surface area contributed by atoms with E-state index >= 15 is 0 Å². The third-order valence-electron chi connectivity index (χ3n) is 3.84. The van der Waals surface area contributed by atoms with E-state index in [0.717, 1.165) is 0 Å². The van der Waals surface area contributed by atoms with Gasteiger partial charge in [-0.15, -0.1) is 0 Å². The highest BCUT2D eigenvalue weighted by molar-refractivity contribution is 5.93. The van der Waals surface area contributed by atoms with Crippen LogP contribution in [0.3, 0.4) is 0 Å². The molecule has 0 N–H and O–H groups in total. The number of nitrogens with zero attached hydrogens (tertiary/aromatic N) is 1. The van der Waals surface area contributed by atoms with E-state index in [2.05, 4.69) is 0 Å². The zero-order valence-electron chi connectivity index (χ0n) is 15.7. The molecule has 2 aromatic carbocycles. The fraction of sp³-hybridized carbons (Fsp3) is 0.150. The predicted molar refractivity (Wildman–Crippen MR) is 103 cm³/mol. The Morgan fingerprint density at radius 1 is 1.13 bits per heavy atom. The lowest BCUT2D eigenvalue weighted by molar-refractivity contribution is -0.385. The Morgan fingerprint density at radius 3 is 2.63 bits per heavy atom. The number of carbonyl (C=O) groups is 2.